The van der Waals surface area contributed by atoms with Crippen molar-refractivity contribution in [2.45, 2.75) is 76.5 Å². The fourth-order valence-electron chi connectivity index (χ4n) is 4.64. The van der Waals surface area contributed by atoms with Gasteiger partial charge in [0.2, 0.25) is 11.8 Å². The number of nitrogens with zero attached hydrogens (tertiary/aromatic N) is 2. The molecule has 2 aliphatic heterocycles. The Balaban J connectivity index is 0.000000559. The molecule has 1 aromatic carbocycles. The molecule has 3 atom stereocenters. The van der Waals surface area contributed by atoms with Gasteiger partial charge in [-0.05, 0) is 58.2 Å². The lowest BCUT2D eigenvalue weighted by atomic mass is 9.88. The number of carbonyl (C=O) groups is 3. The van der Waals surface area contributed by atoms with Gasteiger partial charge in [-0.1, -0.05) is 0 Å². The Morgan fingerprint density at radius 1 is 1.18 bits per heavy atom. The highest BCUT2D eigenvalue weighted by molar-refractivity contribution is 5.99. The second kappa shape index (κ2) is 10.5. The molecule has 0 saturated heterocycles. The predicted octanol–water partition coefficient (Wildman–Crippen LogP) is 4.02. The standard InChI is InChI=1S/C23H29F3N4O3.C2HF3O2/c1-21(2)10-18(31)30(20(27)29-21)11-12-7-14(12)19(32)28-16-9-22(3,4)33-17-6-5-13(8-15(16)17)23(24,25)26;3-2(4,5)1(6)7/h5-6,8,12,14,16H,7,9-11H2,1-4H3,(H2,27,29)(H,28,32);(H,6,7)/t12-,14+,16?;/m0./s1. The molecule has 1 saturated carbocycles. The third-order valence-corrected chi connectivity index (χ3v) is 6.61. The Kier molecular flexibility index (Phi) is 8.12. The number of halogens is 6. The molecule has 1 aromatic rings. The van der Waals surface area contributed by atoms with Crippen molar-refractivity contribution < 1.29 is 50.6 Å². The Morgan fingerprint density at radius 2 is 1.77 bits per heavy atom. The number of nitrogens with one attached hydrogen (secondary N) is 1. The first-order chi connectivity index (χ1) is 18.1. The predicted molar refractivity (Wildman–Crippen MR) is 129 cm³/mol. The van der Waals surface area contributed by atoms with Gasteiger partial charge in [-0.15, -0.1) is 0 Å². The number of aliphatic carboxylic acids is 1. The van der Waals surface area contributed by atoms with E-state index in [9.17, 15) is 35.9 Å². The Labute approximate surface area is 225 Å². The lowest BCUT2D eigenvalue weighted by molar-refractivity contribution is -0.192. The normalized spacial score (nSPS) is 24.9. The molecule has 2 amide bonds. The number of ether oxygens (including phenoxy) is 1. The van der Waals surface area contributed by atoms with Gasteiger partial charge in [0.1, 0.15) is 11.4 Å². The zero-order valence-corrected chi connectivity index (χ0v) is 22.1. The minimum Gasteiger partial charge on any atom is -0.487 e. The molecule has 1 aliphatic carbocycles. The second-order valence-electron chi connectivity index (χ2n) is 11.2. The van der Waals surface area contributed by atoms with Gasteiger partial charge in [-0.25, -0.2) is 9.79 Å². The lowest BCUT2D eigenvalue weighted by Gasteiger charge is -2.38. The van der Waals surface area contributed by atoms with E-state index in [1.807, 2.05) is 27.7 Å². The molecule has 3 aliphatic rings. The van der Waals surface area contributed by atoms with Gasteiger partial charge in [0.15, 0.2) is 5.96 Å². The van der Waals surface area contributed by atoms with Crippen LogP contribution in [0.5, 0.6) is 5.75 Å². The number of hydrogen-bond acceptors (Lipinski definition) is 6. The van der Waals surface area contributed by atoms with Crippen LogP contribution in [0, 0.1) is 11.8 Å². The number of hydrogen-bond donors (Lipinski definition) is 3. The zero-order chi connectivity index (χ0) is 30.4. The number of fused-ring (bicyclic) bond motifs is 1. The summed E-state index contributed by atoms with van der Waals surface area (Å²) < 4.78 is 77.3. The summed E-state index contributed by atoms with van der Waals surface area (Å²) in [4.78, 5) is 40.1. The maximum absolute atomic E-state index is 13.2. The molecule has 1 unspecified atom stereocenters. The first-order valence-corrected chi connectivity index (χ1v) is 12.3. The number of amides is 2. The summed E-state index contributed by atoms with van der Waals surface area (Å²) in [6, 6.07) is 2.73. The summed E-state index contributed by atoms with van der Waals surface area (Å²) in [5, 5.41) is 10.0. The lowest BCUT2D eigenvalue weighted by Crippen LogP contribution is -2.50. The third kappa shape index (κ3) is 7.56. The van der Waals surface area contributed by atoms with Gasteiger partial charge >= 0.3 is 18.3 Å². The fourth-order valence-corrected chi connectivity index (χ4v) is 4.64. The van der Waals surface area contributed by atoms with E-state index < -0.39 is 41.1 Å². The summed E-state index contributed by atoms with van der Waals surface area (Å²) >= 11 is 0. The van der Waals surface area contributed by atoms with Crippen molar-refractivity contribution in [3.05, 3.63) is 29.3 Å². The fraction of sp³-hybridized carbons (Fsp3) is 0.600. The van der Waals surface area contributed by atoms with Crippen molar-refractivity contribution in [1.29, 1.82) is 0 Å². The van der Waals surface area contributed by atoms with E-state index in [1.54, 1.807) is 0 Å². The van der Waals surface area contributed by atoms with E-state index in [-0.39, 0.29) is 36.0 Å². The number of aliphatic imine (C=N–C) groups is 1. The molecular weight excluding hydrogens is 550 g/mol. The van der Waals surface area contributed by atoms with Crippen molar-refractivity contribution in [1.82, 2.24) is 10.2 Å². The topological polar surface area (TPSA) is 134 Å². The average Bonchev–Trinajstić information content (AvgIpc) is 3.53. The molecule has 15 heteroatoms. The van der Waals surface area contributed by atoms with Gasteiger partial charge in [0.25, 0.3) is 0 Å². The first-order valence-electron chi connectivity index (χ1n) is 12.3. The molecule has 4 rings (SSSR count). The van der Waals surface area contributed by atoms with E-state index in [0.717, 1.165) is 12.1 Å². The molecule has 0 bridgehead atoms. The molecule has 0 aromatic heterocycles. The maximum Gasteiger partial charge on any atom is 0.490 e. The molecule has 0 spiro atoms. The number of rotatable bonds is 4. The number of benzene rings is 1. The first kappa shape index (κ1) is 31.0. The number of carboxylic acid groups (broad SMARTS) is 1. The van der Waals surface area contributed by atoms with Crippen LogP contribution in [-0.4, -0.2) is 57.6 Å². The van der Waals surface area contributed by atoms with Crippen LogP contribution in [0.3, 0.4) is 0 Å². The number of carbonyl (C=O) groups excluding carboxylic acids is 2. The molecular formula is C25H30F6N4O5. The quantitative estimate of drug-likeness (QED) is 0.461. The molecule has 0 radical (unpaired) electrons. The van der Waals surface area contributed by atoms with Crippen molar-refractivity contribution >= 4 is 23.7 Å². The van der Waals surface area contributed by atoms with E-state index in [4.69, 9.17) is 20.4 Å². The van der Waals surface area contributed by atoms with E-state index in [2.05, 4.69) is 10.3 Å². The number of guanidine groups is 1. The monoisotopic (exact) mass is 580 g/mol. The Bertz CT molecular complexity index is 1210. The molecule has 1 fully saturated rings. The van der Waals surface area contributed by atoms with Crippen LogP contribution in [0.1, 0.15) is 64.1 Å². The second-order valence-corrected chi connectivity index (χ2v) is 11.2. The maximum atomic E-state index is 13.2. The number of nitrogens with two attached hydrogens (primary N) is 1. The van der Waals surface area contributed by atoms with Crippen LogP contribution in [0.15, 0.2) is 23.2 Å². The van der Waals surface area contributed by atoms with Crippen LogP contribution < -0.4 is 15.8 Å². The summed E-state index contributed by atoms with van der Waals surface area (Å²) in [5.41, 5.74) is 4.32. The highest BCUT2D eigenvalue weighted by atomic mass is 19.4. The average molecular weight is 581 g/mol. The molecule has 40 heavy (non-hydrogen) atoms. The van der Waals surface area contributed by atoms with Crippen molar-refractivity contribution in [3.63, 3.8) is 0 Å². The number of carboxylic acids is 1. The van der Waals surface area contributed by atoms with Crippen molar-refractivity contribution in [2.24, 2.45) is 22.6 Å². The zero-order valence-electron chi connectivity index (χ0n) is 22.1. The van der Waals surface area contributed by atoms with Crippen molar-refractivity contribution in [2.75, 3.05) is 6.54 Å². The van der Waals surface area contributed by atoms with Crippen molar-refractivity contribution in [3.8, 4) is 5.75 Å². The SMILES string of the molecule is CC1(C)CC(=O)N(C[C@@H]2C[C@H]2C(=O)NC2CC(C)(C)Oc3ccc(C(F)(F)F)cc32)C(N)=N1.O=C(O)C(F)(F)F. The highest BCUT2D eigenvalue weighted by Crippen LogP contribution is 2.44. The minimum atomic E-state index is -5.08. The summed E-state index contributed by atoms with van der Waals surface area (Å²) in [6.07, 6.45) is -8.42. The molecule has 2 heterocycles. The number of alkyl halides is 6. The van der Waals surface area contributed by atoms with Crippen LogP contribution in [0.2, 0.25) is 0 Å². The smallest absolute Gasteiger partial charge is 0.487 e. The summed E-state index contributed by atoms with van der Waals surface area (Å²) in [6.45, 7) is 7.63. The van der Waals surface area contributed by atoms with Crippen LogP contribution in [-0.2, 0) is 20.6 Å². The largest absolute Gasteiger partial charge is 0.490 e. The summed E-state index contributed by atoms with van der Waals surface area (Å²) in [7, 11) is 0. The molecule has 9 nitrogen and oxygen atoms in total. The van der Waals surface area contributed by atoms with E-state index in [1.165, 1.54) is 11.0 Å². The Morgan fingerprint density at radius 3 is 2.30 bits per heavy atom. The third-order valence-electron chi connectivity index (χ3n) is 6.61. The van der Waals surface area contributed by atoms with E-state index in [0.29, 0.717) is 30.7 Å². The van der Waals surface area contributed by atoms with E-state index >= 15 is 0 Å². The summed E-state index contributed by atoms with van der Waals surface area (Å²) in [5.74, 6) is -3.04. The highest BCUT2D eigenvalue weighted by Gasteiger charge is 2.47. The van der Waals surface area contributed by atoms with Crippen LogP contribution >= 0.6 is 0 Å². The van der Waals surface area contributed by atoms with Gasteiger partial charge in [0.05, 0.1) is 23.6 Å². The van der Waals surface area contributed by atoms with Gasteiger partial charge in [-0.3, -0.25) is 14.5 Å². The minimum absolute atomic E-state index is 0.0715. The van der Waals surface area contributed by atoms with Crippen LogP contribution in [0.25, 0.3) is 0 Å². The molecule has 4 N–H and O–H groups in total. The van der Waals surface area contributed by atoms with Gasteiger partial charge < -0.3 is 20.9 Å². The Hall–Kier alpha value is -3.52. The molecule has 222 valence electrons. The van der Waals surface area contributed by atoms with Gasteiger partial charge in [0, 0.05) is 24.4 Å². The van der Waals surface area contributed by atoms with Gasteiger partial charge in [-0.2, -0.15) is 26.3 Å². The van der Waals surface area contributed by atoms with Crippen LogP contribution in [0.4, 0.5) is 26.3 Å².